The minimum absolute atomic E-state index is 0.0309. The van der Waals surface area contributed by atoms with Crippen molar-refractivity contribution in [3.05, 3.63) is 215 Å². The fraction of sp³-hybridized carbons (Fsp3) is 0.279. The Morgan fingerprint density at radius 1 is 0.677 bits per heavy atom. The van der Waals surface area contributed by atoms with E-state index in [1.54, 1.807) is 5.57 Å². The summed E-state index contributed by atoms with van der Waals surface area (Å²) in [6.07, 6.45) is 25.9. The molecule has 10 rings (SSSR count). The molecule has 4 aliphatic rings. The Balaban J connectivity index is 0.000000215. The Labute approximate surface area is 372 Å². The lowest BCUT2D eigenvalue weighted by Gasteiger charge is -2.38. The van der Waals surface area contributed by atoms with Crippen molar-refractivity contribution in [3.63, 3.8) is 0 Å². The molecule has 0 fully saturated rings. The average molecular weight is 812 g/mol. The predicted molar refractivity (Wildman–Crippen MR) is 271 cm³/mol. The molecule has 0 aromatic heterocycles. The molecule has 4 aliphatic carbocycles. The summed E-state index contributed by atoms with van der Waals surface area (Å²) in [6.45, 7) is 18.4. The van der Waals surface area contributed by atoms with E-state index in [2.05, 4.69) is 230 Å². The van der Waals surface area contributed by atoms with E-state index < -0.39 is 0 Å². The molecule has 1 heteroatoms. The largest absolute Gasteiger partial charge is 0.334 e. The summed E-state index contributed by atoms with van der Waals surface area (Å²) < 4.78 is 0. The lowest BCUT2D eigenvalue weighted by Crippen LogP contribution is -2.35. The van der Waals surface area contributed by atoms with Gasteiger partial charge in [-0.1, -0.05) is 209 Å². The van der Waals surface area contributed by atoms with Crippen LogP contribution in [-0.2, 0) is 5.41 Å². The summed E-state index contributed by atoms with van der Waals surface area (Å²) in [5.74, 6) is 0. The number of hydrogen-bond donors (Lipinski definition) is 0. The third-order valence-electron chi connectivity index (χ3n) is 13.8. The third kappa shape index (κ3) is 8.87. The fourth-order valence-corrected chi connectivity index (χ4v) is 9.73. The smallest absolute Gasteiger partial charge is 0.0560 e. The van der Waals surface area contributed by atoms with E-state index in [-0.39, 0.29) is 16.9 Å². The standard InChI is InChI=1S/C41H41N.C11H10.C9H14/c1-27-14-20-36-37-21-19-32(26-39(37)41(5,6)38(36)24-27)42(33-22-23-40(3,4)28(2)25-33)31-17-15-30(16-18-31)35-13-9-11-29-10-7-8-12-34(29)35;1-9-5-4-7-10-6-2-3-8-11(9)10;1-2-6-9-7-4-3-5-8-9/h7-17,19-22,24-26,31H,18,23H2,1-6H3;2-8H,1H3;3-4,7H,2,5-6,8H2,1H3. The molecule has 0 heterocycles. The summed E-state index contributed by atoms with van der Waals surface area (Å²) in [5, 5.41) is 5.29. The van der Waals surface area contributed by atoms with Gasteiger partial charge in [-0.25, -0.2) is 0 Å². The number of anilines is 1. The molecule has 0 spiro atoms. The highest BCUT2D eigenvalue weighted by molar-refractivity contribution is 5.96. The van der Waals surface area contributed by atoms with Crippen LogP contribution in [0.1, 0.15) is 108 Å². The first kappa shape index (κ1) is 42.8. The topological polar surface area (TPSA) is 3.24 Å². The van der Waals surface area contributed by atoms with Crippen molar-refractivity contribution in [3.8, 4) is 11.1 Å². The molecule has 0 saturated heterocycles. The van der Waals surface area contributed by atoms with Gasteiger partial charge >= 0.3 is 0 Å². The molecule has 1 atom stereocenters. The van der Waals surface area contributed by atoms with Crippen LogP contribution in [0.15, 0.2) is 187 Å². The van der Waals surface area contributed by atoms with Crippen LogP contribution in [0.25, 0.3) is 38.2 Å². The number of fused-ring (bicyclic) bond motifs is 5. The van der Waals surface area contributed by atoms with Crippen LogP contribution in [0.3, 0.4) is 0 Å². The van der Waals surface area contributed by atoms with E-state index >= 15 is 0 Å². The maximum absolute atomic E-state index is 2.59. The van der Waals surface area contributed by atoms with Crippen molar-refractivity contribution in [2.75, 3.05) is 4.90 Å². The number of benzene rings is 6. The molecule has 1 unspecified atom stereocenters. The second kappa shape index (κ2) is 18.2. The fourth-order valence-electron chi connectivity index (χ4n) is 9.73. The molecule has 1 nitrogen and oxygen atoms in total. The van der Waals surface area contributed by atoms with Gasteiger partial charge in [-0.15, -0.1) is 0 Å². The van der Waals surface area contributed by atoms with Gasteiger partial charge in [0.05, 0.1) is 6.04 Å². The molecule has 6 aromatic rings. The summed E-state index contributed by atoms with van der Waals surface area (Å²) in [4.78, 5) is 2.59. The van der Waals surface area contributed by atoms with Gasteiger partial charge in [0.25, 0.3) is 0 Å². The number of allylic oxidation sites excluding steroid dienone is 9. The van der Waals surface area contributed by atoms with E-state index in [1.165, 1.54) is 109 Å². The minimum Gasteiger partial charge on any atom is -0.334 e. The Bertz CT molecular complexity index is 2780. The lowest BCUT2D eigenvalue weighted by atomic mass is 9.78. The van der Waals surface area contributed by atoms with Crippen molar-refractivity contribution in [2.45, 2.75) is 105 Å². The van der Waals surface area contributed by atoms with Crippen molar-refractivity contribution >= 4 is 32.8 Å². The van der Waals surface area contributed by atoms with Crippen LogP contribution in [0, 0.1) is 19.3 Å². The van der Waals surface area contributed by atoms with Crippen molar-refractivity contribution in [1.82, 2.24) is 0 Å². The first-order valence-corrected chi connectivity index (χ1v) is 23.0. The lowest BCUT2D eigenvalue weighted by molar-refractivity contribution is 0.444. The third-order valence-corrected chi connectivity index (χ3v) is 13.8. The van der Waals surface area contributed by atoms with E-state index in [4.69, 9.17) is 0 Å². The number of hydrogen-bond acceptors (Lipinski definition) is 1. The minimum atomic E-state index is -0.0309. The van der Waals surface area contributed by atoms with Crippen molar-refractivity contribution in [2.24, 2.45) is 5.41 Å². The molecular weight excluding hydrogens is 747 g/mol. The Hall–Kier alpha value is -5.92. The van der Waals surface area contributed by atoms with Crippen LogP contribution < -0.4 is 4.90 Å². The molecule has 0 saturated carbocycles. The van der Waals surface area contributed by atoms with Crippen LogP contribution in [0.4, 0.5) is 5.69 Å². The van der Waals surface area contributed by atoms with E-state index in [9.17, 15) is 0 Å². The summed E-state index contributed by atoms with van der Waals surface area (Å²) in [6, 6.07) is 44.6. The van der Waals surface area contributed by atoms with Crippen LogP contribution in [-0.4, -0.2) is 6.04 Å². The van der Waals surface area contributed by atoms with Gasteiger partial charge in [0.15, 0.2) is 0 Å². The molecule has 6 aromatic carbocycles. The summed E-state index contributed by atoms with van der Waals surface area (Å²) in [5.41, 5.74) is 16.8. The molecule has 0 bridgehead atoms. The van der Waals surface area contributed by atoms with Gasteiger partial charge < -0.3 is 4.90 Å². The Morgan fingerprint density at radius 2 is 1.35 bits per heavy atom. The second-order valence-corrected chi connectivity index (χ2v) is 19.0. The zero-order valence-corrected chi connectivity index (χ0v) is 38.4. The zero-order chi connectivity index (χ0) is 43.4. The summed E-state index contributed by atoms with van der Waals surface area (Å²) >= 11 is 0. The molecule has 62 heavy (non-hydrogen) atoms. The van der Waals surface area contributed by atoms with Crippen LogP contribution >= 0.6 is 0 Å². The highest BCUT2D eigenvalue weighted by Crippen LogP contribution is 2.51. The van der Waals surface area contributed by atoms with Crippen LogP contribution in [0.2, 0.25) is 0 Å². The Morgan fingerprint density at radius 3 is 2.03 bits per heavy atom. The molecule has 314 valence electrons. The molecule has 0 radical (unpaired) electrons. The summed E-state index contributed by atoms with van der Waals surface area (Å²) in [7, 11) is 0. The van der Waals surface area contributed by atoms with E-state index in [0.29, 0.717) is 0 Å². The highest BCUT2D eigenvalue weighted by atomic mass is 15.2. The zero-order valence-electron chi connectivity index (χ0n) is 38.4. The number of nitrogens with zero attached hydrogens (tertiary/aromatic N) is 1. The van der Waals surface area contributed by atoms with Gasteiger partial charge in [0, 0.05) is 16.8 Å². The molecule has 0 aliphatic heterocycles. The maximum atomic E-state index is 2.59. The first-order valence-electron chi connectivity index (χ1n) is 23.0. The molecular formula is C61H65N. The normalized spacial score (nSPS) is 17.9. The van der Waals surface area contributed by atoms with Gasteiger partial charge in [-0.2, -0.15) is 0 Å². The van der Waals surface area contributed by atoms with Crippen LogP contribution in [0.5, 0.6) is 0 Å². The SMILES string of the molecule is CC1=CC(N(c2ccc3c(c2)C(C)(C)c2cc(C)ccc2-3)C2C=CC(c3cccc4ccccc34)=CC2)=CCC1(C)C.CCCC1=CC=CCC1.Cc1cccc2ccccc12. The van der Waals surface area contributed by atoms with Gasteiger partial charge in [-0.3, -0.25) is 0 Å². The highest BCUT2D eigenvalue weighted by Gasteiger charge is 2.37. The van der Waals surface area contributed by atoms with Gasteiger partial charge in [-0.05, 0) is 137 Å². The second-order valence-electron chi connectivity index (χ2n) is 19.0. The van der Waals surface area contributed by atoms with Gasteiger partial charge in [0.1, 0.15) is 0 Å². The first-order chi connectivity index (χ1) is 29.9. The predicted octanol–water partition coefficient (Wildman–Crippen LogP) is 17.1. The van der Waals surface area contributed by atoms with E-state index in [1.807, 2.05) is 0 Å². The number of rotatable bonds is 6. The molecule has 0 N–H and O–H groups in total. The number of aryl methyl sites for hydroxylation is 2. The Kier molecular flexibility index (Phi) is 12.6. The quantitative estimate of drug-likeness (QED) is 0.162. The average Bonchev–Trinajstić information content (AvgIpc) is 3.50. The van der Waals surface area contributed by atoms with Crippen molar-refractivity contribution in [1.29, 1.82) is 0 Å². The monoisotopic (exact) mass is 812 g/mol. The van der Waals surface area contributed by atoms with Gasteiger partial charge in [0.2, 0.25) is 0 Å². The molecule has 0 amide bonds. The van der Waals surface area contributed by atoms with E-state index in [0.717, 1.165) is 12.8 Å². The van der Waals surface area contributed by atoms with Crippen molar-refractivity contribution < 1.29 is 0 Å². The maximum Gasteiger partial charge on any atom is 0.0560 e.